The van der Waals surface area contributed by atoms with Gasteiger partial charge in [0.1, 0.15) is 5.82 Å². The van der Waals surface area contributed by atoms with Crippen LogP contribution in [0.15, 0.2) is 42.7 Å². The quantitative estimate of drug-likeness (QED) is 0.590. The van der Waals surface area contributed by atoms with Crippen LogP contribution in [0.4, 0.5) is 11.6 Å². The summed E-state index contributed by atoms with van der Waals surface area (Å²) >= 11 is 0. The molecule has 0 spiro atoms. The first-order chi connectivity index (χ1) is 15.9. The summed E-state index contributed by atoms with van der Waals surface area (Å²) in [6, 6.07) is 9.85. The number of benzene rings is 1. The number of hydrogen-bond donors (Lipinski definition) is 1. The van der Waals surface area contributed by atoms with Crippen molar-refractivity contribution in [3.63, 3.8) is 0 Å². The Morgan fingerprint density at radius 1 is 1.18 bits per heavy atom. The van der Waals surface area contributed by atoms with E-state index in [-0.39, 0.29) is 5.91 Å². The summed E-state index contributed by atoms with van der Waals surface area (Å²) in [6.45, 7) is 8.81. The van der Waals surface area contributed by atoms with E-state index in [1.54, 1.807) is 6.20 Å². The molecule has 1 amide bonds. The molecule has 8 nitrogen and oxygen atoms in total. The number of imidazole rings is 1. The van der Waals surface area contributed by atoms with Crippen molar-refractivity contribution >= 4 is 17.5 Å². The second-order valence-electron chi connectivity index (χ2n) is 9.03. The number of nitrogens with zero attached hydrogens (tertiary/aromatic N) is 6. The van der Waals surface area contributed by atoms with Crippen LogP contribution in [-0.4, -0.2) is 68.5 Å². The van der Waals surface area contributed by atoms with Gasteiger partial charge in [0.25, 0.3) is 5.91 Å². The zero-order chi connectivity index (χ0) is 23.5. The Morgan fingerprint density at radius 2 is 1.94 bits per heavy atom. The highest BCUT2D eigenvalue weighted by Gasteiger charge is 2.28. The Balaban J connectivity index is 1.47. The minimum atomic E-state index is 0.0814. The van der Waals surface area contributed by atoms with Crippen LogP contribution in [0.2, 0.25) is 0 Å². The third-order valence-electron chi connectivity index (χ3n) is 6.21. The van der Waals surface area contributed by atoms with E-state index in [1.807, 2.05) is 41.4 Å². The van der Waals surface area contributed by atoms with E-state index in [0.29, 0.717) is 23.5 Å². The van der Waals surface area contributed by atoms with E-state index >= 15 is 0 Å². The van der Waals surface area contributed by atoms with Gasteiger partial charge in [0.2, 0.25) is 5.95 Å². The fourth-order valence-corrected chi connectivity index (χ4v) is 4.30. The summed E-state index contributed by atoms with van der Waals surface area (Å²) in [5, 5.41) is 3.26. The molecule has 4 rings (SSSR count). The Bertz CT molecular complexity index is 1100. The number of nitrogens with one attached hydrogen (secondary N) is 1. The zero-order valence-electron chi connectivity index (χ0n) is 20.1. The molecule has 1 fully saturated rings. The van der Waals surface area contributed by atoms with Crippen LogP contribution >= 0.6 is 0 Å². The minimum absolute atomic E-state index is 0.0814. The van der Waals surface area contributed by atoms with E-state index in [1.165, 1.54) is 0 Å². The van der Waals surface area contributed by atoms with Crippen LogP contribution in [0.5, 0.6) is 0 Å². The van der Waals surface area contributed by atoms with Crippen LogP contribution in [0.25, 0.3) is 11.4 Å². The maximum atomic E-state index is 12.9. The molecule has 3 heterocycles. The number of carbonyl (C=O) groups is 1. The van der Waals surface area contributed by atoms with E-state index in [4.69, 9.17) is 4.98 Å². The fraction of sp³-hybridized carbons (Fsp3) is 0.440. The molecule has 2 aromatic heterocycles. The highest BCUT2D eigenvalue weighted by Crippen LogP contribution is 2.24. The van der Waals surface area contributed by atoms with Gasteiger partial charge in [-0.3, -0.25) is 4.79 Å². The number of carbonyl (C=O) groups excluding carboxylic acids is 1. The molecule has 1 atom stereocenters. The summed E-state index contributed by atoms with van der Waals surface area (Å²) in [6.07, 6.45) is 4.64. The van der Waals surface area contributed by atoms with E-state index in [9.17, 15) is 4.79 Å². The average Bonchev–Trinajstić information content (AvgIpc) is 3.47. The molecule has 8 heteroatoms. The monoisotopic (exact) mass is 447 g/mol. The predicted molar refractivity (Wildman–Crippen MR) is 131 cm³/mol. The number of amides is 1. The second kappa shape index (κ2) is 9.70. The summed E-state index contributed by atoms with van der Waals surface area (Å²) in [7, 11) is 4.13. The summed E-state index contributed by atoms with van der Waals surface area (Å²) < 4.78 is 2.19. The number of hydrogen-bond acceptors (Lipinski definition) is 6. The van der Waals surface area contributed by atoms with Gasteiger partial charge in [0, 0.05) is 49.0 Å². The highest BCUT2D eigenvalue weighted by molar-refractivity contribution is 5.94. The molecule has 0 saturated carbocycles. The number of likely N-dealkylation sites (tertiary alicyclic amines) is 1. The zero-order valence-corrected chi connectivity index (χ0v) is 20.1. The van der Waals surface area contributed by atoms with Crippen molar-refractivity contribution in [3.8, 4) is 11.4 Å². The van der Waals surface area contributed by atoms with Crippen LogP contribution < -0.4 is 5.32 Å². The molecule has 0 unspecified atom stereocenters. The highest BCUT2D eigenvalue weighted by atomic mass is 16.2. The predicted octanol–water partition coefficient (Wildman–Crippen LogP) is 4.00. The molecular formula is C25H33N7O. The molecule has 1 N–H and O–H groups in total. The number of rotatable bonds is 7. The number of likely N-dealkylation sites (N-methyl/N-ethyl adjacent to an activating group) is 1. The van der Waals surface area contributed by atoms with Gasteiger partial charge in [0.15, 0.2) is 0 Å². The van der Waals surface area contributed by atoms with Crippen molar-refractivity contribution in [1.29, 1.82) is 0 Å². The normalized spacial score (nSPS) is 16.1. The topological polar surface area (TPSA) is 79.2 Å². The Hall–Kier alpha value is -3.26. The van der Waals surface area contributed by atoms with Gasteiger partial charge in [-0.2, -0.15) is 0 Å². The van der Waals surface area contributed by atoms with Crippen molar-refractivity contribution in [2.24, 2.45) is 0 Å². The van der Waals surface area contributed by atoms with Crippen LogP contribution in [-0.2, 0) is 6.54 Å². The van der Waals surface area contributed by atoms with Crippen LogP contribution in [0.3, 0.4) is 0 Å². The molecular weight excluding hydrogens is 414 g/mol. The van der Waals surface area contributed by atoms with Crippen molar-refractivity contribution in [2.45, 2.75) is 45.7 Å². The lowest BCUT2D eigenvalue weighted by Crippen LogP contribution is -2.34. The number of aromatic nitrogens is 4. The van der Waals surface area contributed by atoms with E-state index in [0.717, 1.165) is 49.0 Å². The van der Waals surface area contributed by atoms with Crippen molar-refractivity contribution in [2.75, 3.05) is 32.5 Å². The maximum absolute atomic E-state index is 12.9. The van der Waals surface area contributed by atoms with Gasteiger partial charge in [-0.25, -0.2) is 15.0 Å². The Kier molecular flexibility index (Phi) is 6.74. The average molecular weight is 448 g/mol. The molecule has 0 radical (unpaired) electrons. The first kappa shape index (κ1) is 22.9. The molecule has 3 aromatic rings. The van der Waals surface area contributed by atoms with Gasteiger partial charge in [-0.15, -0.1) is 0 Å². The smallest absolute Gasteiger partial charge is 0.253 e. The van der Waals surface area contributed by atoms with E-state index < -0.39 is 0 Å². The third kappa shape index (κ3) is 4.90. The van der Waals surface area contributed by atoms with Crippen LogP contribution in [0, 0.1) is 0 Å². The maximum Gasteiger partial charge on any atom is 0.253 e. The molecule has 0 bridgehead atoms. The van der Waals surface area contributed by atoms with Crippen LogP contribution in [0.1, 0.15) is 49.3 Å². The van der Waals surface area contributed by atoms with Gasteiger partial charge >= 0.3 is 0 Å². The number of anilines is 2. The summed E-state index contributed by atoms with van der Waals surface area (Å²) in [5.41, 5.74) is 3.34. The Labute approximate surface area is 195 Å². The third-order valence-corrected chi connectivity index (χ3v) is 6.21. The molecule has 174 valence electrons. The summed E-state index contributed by atoms with van der Waals surface area (Å²) in [5.74, 6) is 1.98. The largest absolute Gasteiger partial charge is 0.337 e. The standard InChI is InChI=1S/C25H33N7O/c1-6-32-22(15-27-23(32)17(2)3)21-11-13-26-25(29-21)28-19-9-7-18(8-10-19)24(33)31-14-12-20(16-31)30(4)5/h7-11,13,15,17,20H,6,12,14,16H2,1-5H3,(H,26,28,29)/t20-/m0/s1. The molecule has 0 aliphatic carbocycles. The molecule has 33 heavy (non-hydrogen) atoms. The molecule has 1 aliphatic heterocycles. The Morgan fingerprint density at radius 3 is 2.58 bits per heavy atom. The lowest BCUT2D eigenvalue weighted by molar-refractivity contribution is 0.0783. The van der Waals surface area contributed by atoms with Crippen molar-refractivity contribution in [3.05, 3.63) is 54.1 Å². The summed E-state index contributed by atoms with van der Waals surface area (Å²) in [4.78, 5) is 30.6. The van der Waals surface area contributed by atoms with Crippen molar-refractivity contribution in [1.82, 2.24) is 29.3 Å². The molecule has 1 aliphatic rings. The minimum Gasteiger partial charge on any atom is -0.337 e. The van der Waals surface area contributed by atoms with Gasteiger partial charge < -0.3 is 19.7 Å². The van der Waals surface area contributed by atoms with E-state index in [2.05, 4.69) is 59.6 Å². The first-order valence-electron chi connectivity index (χ1n) is 11.6. The van der Waals surface area contributed by atoms with Gasteiger partial charge in [-0.1, -0.05) is 13.8 Å². The second-order valence-corrected chi connectivity index (χ2v) is 9.03. The molecule has 1 aromatic carbocycles. The lowest BCUT2D eigenvalue weighted by Gasteiger charge is -2.20. The first-order valence-corrected chi connectivity index (χ1v) is 11.6. The molecule has 1 saturated heterocycles. The van der Waals surface area contributed by atoms with Gasteiger partial charge in [-0.05, 0) is 57.8 Å². The van der Waals surface area contributed by atoms with Gasteiger partial charge in [0.05, 0.1) is 17.6 Å². The fourth-order valence-electron chi connectivity index (χ4n) is 4.30. The lowest BCUT2D eigenvalue weighted by atomic mass is 10.2. The van der Waals surface area contributed by atoms with Crippen molar-refractivity contribution < 1.29 is 4.79 Å². The SMILES string of the molecule is CCn1c(-c2ccnc(Nc3ccc(C(=O)N4CC[C@H](N(C)C)C4)cc3)n2)cnc1C(C)C.